The molecule has 28 heavy (non-hydrogen) atoms. The molecule has 1 amide bonds. The van der Waals surface area contributed by atoms with Crippen molar-refractivity contribution in [1.82, 2.24) is 19.9 Å². The molecule has 10 heteroatoms. The summed E-state index contributed by atoms with van der Waals surface area (Å²) in [7, 11) is 0. The van der Waals surface area contributed by atoms with Crippen LogP contribution < -0.4 is 4.90 Å². The number of furan rings is 1. The number of aromatic nitrogens is 4. The SMILES string of the molecule is CC(=O)N(c1ccccc1)c1nc(/C=N\n2c(-c3ccco3)n[nH]c2=S)cs1. The average molecular weight is 410 g/mol. The highest BCUT2D eigenvalue weighted by Gasteiger charge is 2.17. The molecule has 0 aliphatic heterocycles. The molecule has 3 heterocycles. The van der Waals surface area contributed by atoms with Crippen LogP contribution in [-0.2, 0) is 4.79 Å². The molecule has 0 unspecified atom stereocenters. The van der Waals surface area contributed by atoms with Crippen LogP contribution in [0.15, 0.2) is 63.6 Å². The van der Waals surface area contributed by atoms with Crippen molar-refractivity contribution in [2.24, 2.45) is 5.10 Å². The molecule has 0 atom stereocenters. The third kappa shape index (κ3) is 3.55. The monoisotopic (exact) mass is 410 g/mol. The third-order valence-electron chi connectivity index (χ3n) is 3.73. The highest BCUT2D eigenvalue weighted by atomic mass is 32.1. The van der Waals surface area contributed by atoms with Crippen molar-refractivity contribution >= 4 is 46.5 Å². The van der Waals surface area contributed by atoms with Crippen LogP contribution in [0.3, 0.4) is 0 Å². The summed E-state index contributed by atoms with van der Waals surface area (Å²) in [6, 6.07) is 12.9. The summed E-state index contributed by atoms with van der Waals surface area (Å²) < 4.78 is 7.13. The Hall–Kier alpha value is -3.37. The Kier molecular flexibility index (Phi) is 4.96. The maximum absolute atomic E-state index is 12.1. The van der Waals surface area contributed by atoms with E-state index in [2.05, 4.69) is 20.3 Å². The first-order valence-electron chi connectivity index (χ1n) is 8.20. The number of nitrogens with one attached hydrogen (secondary N) is 1. The van der Waals surface area contributed by atoms with Crippen LogP contribution in [0.5, 0.6) is 0 Å². The second-order valence-electron chi connectivity index (χ2n) is 5.63. The van der Waals surface area contributed by atoms with Gasteiger partial charge < -0.3 is 4.42 Å². The van der Waals surface area contributed by atoms with E-state index < -0.39 is 0 Å². The summed E-state index contributed by atoms with van der Waals surface area (Å²) >= 11 is 6.58. The van der Waals surface area contributed by atoms with Crippen LogP contribution >= 0.6 is 23.6 Å². The molecule has 0 saturated carbocycles. The first-order valence-corrected chi connectivity index (χ1v) is 9.49. The molecule has 0 fully saturated rings. The molecule has 4 rings (SSSR count). The summed E-state index contributed by atoms with van der Waals surface area (Å²) in [5.41, 5.74) is 1.35. The Morgan fingerprint density at radius 3 is 2.86 bits per heavy atom. The number of carbonyl (C=O) groups is 1. The van der Waals surface area contributed by atoms with Crippen LogP contribution in [0.25, 0.3) is 11.6 Å². The van der Waals surface area contributed by atoms with Crippen LogP contribution in [-0.4, -0.2) is 32.0 Å². The standard InChI is InChI=1S/C18H14N6O2S2/c1-12(25)23(14-6-3-2-4-7-14)18-20-13(11-28-18)10-19-24-16(21-22-17(24)27)15-8-5-9-26-15/h2-11H,1H3,(H,22,27)/b19-10-. The van der Waals surface area contributed by atoms with Crippen molar-refractivity contribution in [2.75, 3.05) is 4.90 Å². The highest BCUT2D eigenvalue weighted by molar-refractivity contribution is 7.71. The van der Waals surface area contributed by atoms with Crippen molar-refractivity contribution in [3.05, 3.63) is 64.6 Å². The zero-order valence-electron chi connectivity index (χ0n) is 14.6. The molecule has 1 N–H and O–H groups in total. The van der Waals surface area contributed by atoms with E-state index in [9.17, 15) is 4.79 Å². The van der Waals surface area contributed by atoms with E-state index in [1.54, 1.807) is 29.5 Å². The summed E-state index contributed by atoms with van der Waals surface area (Å²) in [5, 5.41) is 13.6. The number of anilines is 2. The van der Waals surface area contributed by atoms with E-state index >= 15 is 0 Å². The number of carbonyl (C=O) groups excluding carboxylic acids is 1. The van der Waals surface area contributed by atoms with Crippen LogP contribution in [0.1, 0.15) is 12.6 Å². The number of hydrogen-bond donors (Lipinski definition) is 1. The van der Waals surface area contributed by atoms with E-state index in [1.165, 1.54) is 22.9 Å². The van der Waals surface area contributed by atoms with Gasteiger partial charge in [0, 0.05) is 12.3 Å². The van der Waals surface area contributed by atoms with Gasteiger partial charge in [-0.25, -0.2) is 10.1 Å². The van der Waals surface area contributed by atoms with E-state index in [4.69, 9.17) is 16.6 Å². The molecule has 0 bridgehead atoms. The zero-order chi connectivity index (χ0) is 19.5. The minimum absolute atomic E-state index is 0.124. The minimum atomic E-state index is -0.124. The van der Waals surface area contributed by atoms with Crippen molar-refractivity contribution in [3.8, 4) is 11.6 Å². The maximum Gasteiger partial charge on any atom is 0.230 e. The minimum Gasteiger partial charge on any atom is -0.461 e. The molecule has 4 aromatic rings. The van der Waals surface area contributed by atoms with Gasteiger partial charge in [0.1, 0.15) is 0 Å². The van der Waals surface area contributed by atoms with E-state index in [0.29, 0.717) is 27.2 Å². The normalized spacial score (nSPS) is 11.2. The lowest BCUT2D eigenvalue weighted by Gasteiger charge is -2.17. The van der Waals surface area contributed by atoms with Gasteiger partial charge in [-0.3, -0.25) is 9.69 Å². The van der Waals surface area contributed by atoms with Gasteiger partial charge >= 0.3 is 0 Å². The topological polar surface area (TPSA) is 92.3 Å². The van der Waals surface area contributed by atoms with E-state index in [-0.39, 0.29) is 5.91 Å². The zero-order valence-corrected chi connectivity index (χ0v) is 16.3. The molecular weight excluding hydrogens is 396 g/mol. The number of aromatic amines is 1. The van der Waals surface area contributed by atoms with Gasteiger partial charge in [-0.2, -0.15) is 9.78 Å². The van der Waals surface area contributed by atoms with Gasteiger partial charge in [0.15, 0.2) is 10.9 Å². The first-order chi connectivity index (χ1) is 13.6. The van der Waals surface area contributed by atoms with Crippen LogP contribution in [0.4, 0.5) is 10.8 Å². The molecule has 140 valence electrons. The fourth-order valence-corrected chi connectivity index (χ4v) is 3.54. The lowest BCUT2D eigenvalue weighted by molar-refractivity contribution is -0.115. The van der Waals surface area contributed by atoms with E-state index in [1.807, 2.05) is 35.7 Å². The van der Waals surface area contributed by atoms with Gasteiger partial charge in [0.2, 0.25) is 16.5 Å². The molecular formula is C18H14N6O2S2. The fourth-order valence-electron chi connectivity index (χ4n) is 2.52. The Morgan fingerprint density at radius 1 is 1.32 bits per heavy atom. The Morgan fingerprint density at radius 2 is 2.14 bits per heavy atom. The van der Waals surface area contributed by atoms with Crippen molar-refractivity contribution in [1.29, 1.82) is 0 Å². The fraction of sp³-hybridized carbons (Fsp3) is 0.0556. The molecule has 1 aromatic carbocycles. The number of benzene rings is 1. The third-order valence-corrected chi connectivity index (χ3v) is 4.84. The predicted molar refractivity (Wildman–Crippen MR) is 109 cm³/mol. The van der Waals surface area contributed by atoms with Crippen LogP contribution in [0.2, 0.25) is 0 Å². The van der Waals surface area contributed by atoms with Gasteiger partial charge in [-0.05, 0) is 36.5 Å². The van der Waals surface area contributed by atoms with Crippen molar-refractivity contribution < 1.29 is 9.21 Å². The molecule has 0 aliphatic rings. The highest BCUT2D eigenvalue weighted by Crippen LogP contribution is 2.28. The number of para-hydroxylation sites is 1. The second-order valence-corrected chi connectivity index (χ2v) is 6.85. The summed E-state index contributed by atoms with van der Waals surface area (Å²) in [5.74, 6) is 0.868. The molecule has 8 nitrogen and oxygen atoms in total. The number of thiazole rings is 1. The largest absolute Gasteiger partial charge is 0.461 e. The van der Waals surface area contributed by atoms with Crippen molar-refractivity contribution in [3.63, 3.8) is 0 Å². The quantitative estimate of drug-likeness (QED) is 0.393. The Balaban J connectivity index is 1.63. The number of H-pyrrole nitrogens is 1. The molecule has 0 spiro atoms. The van der Waals surface area contributed by atoms with Gasteiger partial charge in [0.05, 0.1) is 23.9 Å². The van der Waals surface area contributed by atoms with Gasteiger partial charge in [0.25, 0.3) is 0 Å². The second kappa shape index (κ2) is 7.71. The van der Waals surface area contributed by atoms with Crippen molar-refractivity contribution in [2.45, 2.75) is 6.92 Å². The lowest BCUT2D eigenvalue weighted by Crippen LogP contribution is -2.22. The van der Waals surface area contributed by atoms with Gasteiger partial charge in [-0.1, -0.05) is 18.2 Å². The summed E-state index contributed by atoms with van der Waals surface area (Å²) in [6.45, 7) is 1.50. The maximum atomic E-state index is 12.1. The molecule has 0 aliphatic carbocycles. The van der Waals surface area contributed by atoms with Crippen LogP contribution in [0, 0.1) is 4.77 Å². The number of hydrogen-bond acceptors (Lipinski definition) is 7. The average Bonchev–Trinajstić information content (AvgIpc) is 3.42. The molecule has 0 saturated heterocycles. The van der Waals surface area contributed by atoms with E-state index in [0.717, 1.165) is 5.69 Å². The number of rotatable bonds is 5. The first kappa shape index (κ1) is 18.0. The number of nitrogens with zero attached hydrogens (tertiary/aromatic N) is 5. The summed E-state index contributed by atoms with van der Waals surface area (Å²) in [6.07, 6.45) is 3.11. The van der Waals surface area contributed by atoms with Gasteiger partial charge in [-0.15, -0.1) is 16.4 Å². The molecule has 0 radical (unpaired) electrons. The Bertz CT molecular complexity index is 1170. The summed E-state index contributed by atoms with van der Waals surface area (Å²) in [4.78, 5) is 18.2. The predicted octanol–water partition coefficient (Wildman–Crippen LogP) is 4.22. The number of amides is 1. The molecule has 3 aromatic heterocycles. The lowest BCUT2D eigenvalue weighted by atomic mass is 10.3. The smallest absolute Gasteiger partial charge is 0.230 e. The Labute approximate surface area is 168 Å².